The first-order valence-corrected chi connectivity index (χ1v) is 9.85. The maximum absolute atomic E-state index is 11.8. The number of morpholine rings is 1. The van der Waals surface area contributed by atoms with Crippen molar-refractivity contribution in [1.29, 1.82) is 0 Å². The minimum absolute atomic E-state index is 0.0262. The third-order valence-corrected chi connectivity index (χ3v) is 4.32. The Hall–Kier alpha value is -2.32. The molecule has 2 rings (SSSR count). The SMILES string of the molecule is CN(C)C(=O)CN=C(NCCCOc1ccccc1)NCCN1CCOCC1. The van der Waals surface area contributed by atoms with Crippen LogP contribution in [0.5, 0.6) is 5.75 Å². The molecule has 0 aliphatic carbocycles. The first-order chi connectivity index (χ1) is 13.6. The molecule has 2 N–H and O–H groups in total. The summed E-state index contributed by atoms with van der Waals surface area (Å²) in [7, 11) is 3.47. The summed E-state index contributed by atoms with van der Waals surface area (Å²) in [6.45, 7) is 6.64. The average molecular weight is 392 g/mol. The molecule has 0 unspecified atom stereocenters. The lowest BCUT2D eigenvalue weighted by atomic mass is 10.3. The summed E-state index contributed by atoms with van der Waals surface area (Å²) in [5.41, 5.74) is 0. The Morgan fingerprint density at radius 2 is 1.89 bits per heavy atom. The fourth-order valence-electron chi connectivity index (χ4n) is 2.61. The van der Waals surface area contributed by atoms with Gasteiger partial charge in [0.25, 0.3) is 0 Å². The highest BCUT2D eigenvalue weighted by Crippen LogP contribution is 2.07. The predicted octanol–water partition coefficient (Wildman–Crippen LogP) is 0.411. The fraction of sp³-hybridized carbons (Fsp3) is 0.600. The zero-order valence-electron chi connectivity index (χ0n) is 17.0. The second-order valence-electron chi connectivity index (χ2n) is 6.78. The number of carbonyl (C=O) groups is 1. The molecule has 0 atom stereocenters. The van der Waals surface area contributed by atoms with E-state index in [1.165, 1.54) is 0 Å². The Balaban J connectivity index is 1.71. The zero-order chi connectivity index (χ0) is 20.0. The summed E-state index contributed by atoms with van der Waals surface area (Å²) in [6.07, 6.45) is 0.834. The van der Waals surface area contributed by atoms with Crippen LogP contribution in [0, 0.1) is 0 Å². The molecular weight excluding hydrogens is 358 g/mol. The van der Waals surface area contributed by atoms with Crippen molar-refractivity contribution >= 4 is 11.9 Å². The van der Waals surface area contributed by atoms with E-state index in [4.69, 9.17) is 9.47 Å². The standard InChI is InChI=1S/C20H33N5O3/c1-24(2)19(26)17-23-20(22-10-11-25-12-15-27-16-13-25)21-9-6-14-28-18-7-4-3-5-8-18/h3-5,7-8H,6,9-17H2,1-2H3,(H2,21,22,23). The Bertz CT molecular complexity index is 589. The Labute approximate surface area is 167 Å². The third kappa shape index (κ3) is 9.05. The molecular formula is C20H33N5O3. The van der Waals surface area contributed by atoms with Crippen molar-refractivity contribution in [3.63, 3.8) is 0 Å². The second kappa shape index (κ2) is 13.0. The van der Waals surface area contributed by atoms with E-state index in [-0.39, 0.29) is 12.5 Å². The Morgan fingerprint density at radius 3 is 2.61 bits per heavy atom. The number of ether oxygens (including phenoxy) is 2. The van der Waals surface area contributed by atoms with Gasteiger partial charge in [0, 0.05) is 46.8 Å². The van der Waals surface area contributed by atoms with Crippen LogP contribution in [-0.4, -0.2) is 94.9 Å². The summed E-state index contributed by atoms with van der Waals surface area (Å²) < 4.78 is 11.1. The molecule has 1 aromatic rings. The third-order valence-electron chi connectivity index (χ3n) is 4.32. The number of hydrogen-bond acceptors (Lipinski definition) is 5. The van der Waals surface area contributed by atoms with Gasteiger partial charge >= 0.3 is 0 Å². The van der Waals surface area contributed by atoms with Crippen LogP contribution < -0.4 is 15.4 Å². The number of hydrogen-bond donors (Lipinski definition) is 2. The number of amides is 1. The molecule has 1 saturated heterocycles. The van der Waals surface area contributed by atoms with Crippen LogP contribution in [0.3, 0.4) is 0 Å². The number of guanidine groups is 1. The normalized spacial score (nSPS) is 15.1. The highest BCUT2D eigenvalue weighted by molar-refractivity contribution is 5.84. The molecule has 8 nitrogen and oxygen atoms in total. The van der Waals surface area contributed by atoms with Gasteiger partial charge in [0.1, 0.15) is 12.3 Å². The van der Waals surface area contributed by atoms with E-state index in [0.29, 0.717) is 19.1 Å². The van der Waals surface area contributed by atoms with Crippen molar-refractivity contribution in [1.82, 2.24) is 20.4 Å². The van der Waals surface area contributed by atoms with E-state index in [2.05, 4.69) is 20.5 Å². The largest absolute Gasteiger partial charge is 0.494 e. The number of benzene rings is 1. The fourth-order valence-corrected chi connectivity index (χ4v) is 2.61. The lowest BCUT2D eigenvalue weighted by Crippen LogP contribution is -2.45. The number of rotatable bonds is 10. The first kappa shape index (κ1) is 22.0. The molecule has 156 valence electrons. The van der Waals surface area contributed by atoms with E-state index in [9.17, 15) is 4.79 Å². The molecule has 1 aliphatic heterocycles. The number of likely N-dealkylation sites (N-methyl/N-ethyl adjacent to an activating group) is 1. The van der Waals surface area contributed by atoms with Crippen molar-refractivity contribution in [2.45, 2.75) is 6.42 Å². The molecule has 1 heterocycles. The second-order valence-corrected chi connectivity index (χ2v) is 6.78. The van der Waals surface area contributed by atoms with Crippen LogP contribution in [0.15, 0.2) is 35.3 Å². The molecule has 0 spiro atoms. The van der Waals surface area contributed by atoms with E-state index < -0.39 is 0 Å². The maximum atomic E-state index is 11.8. The van der Waals surface area contributed by atoms with Crippen molar-refractivity contribution in [2.75, 3.05) is 73.2 Å². The van der Waals surface area contributed by atoms with Crippen LogP contribution >= 0.6 is 0 Å². The molecule has 1 aromatic carbocycles. The van der Waals surface area contributed by atoms with Gasteiger partial charge in [-0.1, -0.05) is 18.2 Å². The maximum Gasteiger partial charge on any atom is 0.243 e. The molecule has 1 fully saturated rings. The van der Waals surface area contributed by atoms with E-state index in [1.54, 1.807) is 19.0 Å². The van der Waals surface area contributed by atoms with Crippen LogP contribution in [0.2, 0.25) is 0 Å². The number of para-hydroxylation sites is 1. The molecule has 28 heavy (non-hydrogen) atoms. The number of aliphatic imine (C=N–C) groups is 1. The Kier molecular flexibility index (Phi) is 10.2. The number of nitrogens with one attached hydrogen (secondary N) is 2. The molecule has 0 radical (unpaired) electrons. The molecule has 0 bridgehead atoms. The zero-order valence-corrected chi connectivity index (χ0v) is 17.0. The van der Waals surface area contributed by atoms with Gasteiger partial charge in [0.2, 0.25) is 5.91 Å². The van der Waals surface area contributed by atoms with Crippen LogP contribution in [-0.2, 0) is 9.53 Å². The average Bonchev–Trinajstić information content (AvgIpc) is 2.72. The van der Waals surface area contributed by atoms with Gasteiger partial charge in [-0.2, -0.15) is 0 Å². The van der Waals surface area contributed by atoms with Crippen LogP contribution in [0.1, 0.15) is 6.42 Å². The van der Waals surface area contributed by atoms with Gasteiger partial charge in [-0.05, 0) is 18.6 Å². The lowest BCUT2D eigenvalue weighted by molar-refractivity contribution is -0.127. The van der Waals surface area contributed by atoms with E-state index in [1.807, 2.05) is 30.3 Å². The predicted molar refractivity (Wildman–Crippen MR) is 111 cm³/mol. The van der Waals surface area contributed by atoms with Gasteiger partial charge in [-0.25, -0.2) is 4.99 Å². The molecule has 8 heteroatoms. The minimum Gasteiger partial charge on any atom is -0.494 e. The monoisotopic (exact) mass is 391 g/mol. The molecule has 1 amide bonds. The number of nitrogens with zero attached hydrogens (tertiary/aromatic N) is 3. The smallest absolute Gasteiger partial charge is 0.243 e. The van der Waals surface area contributed by atoms with Gasteiger partial charge in [0.05, 0.1) is 19.8 Å². The summed E-state index contributed by atoms with van der Waals surface area (Å²) in [5.74, 6) is 1.50. The quantitative estimate of drug-likeness (QED) is 0.342. The van der Waals surface area contributed by atoms with E-state index >= 15 is 0 Å². The van der Waals surface area contributed by atoms with Gasteiger partial charge in [0.15, 0.2) is 5.96 Å². The van der Waals surface area contributed by atoms with Crippen molar-refractivity contribution in [3.05, 3.63) is 30.3 Å². The minimum atomic E-state index is -0.0262. The first-order valence-electron chi connectivity index (χ1n) is 9.85. The van der Waals surface area contributed by atoms with E-state index in [0.717, 1.165) is 51.6 Å². The number of carbonyl (C=O) groups excluding carboxylic acids is 1. The van der Waals surface area contributed by atoms with Crippen LogP contribution in [0.25, 0.3) is 0 Å². The summed E-state index contributed by atoms with van der Waals surface area (Å²) in [4.78, 5) is 20.1. The summed E-state index contributed by atoms with van der Waals surface area (Å²) >= 11 is 0. The van der Waals surface area contributed by atoms with Crippen molar-refractivity contribution < 1.29 is 14.3 Å². The molecule has 1 aliphatic rings. The van der Waals surface area contributed by atoms with Gasteiger partial charge < -0.3 is 25.0 Å². The van der Waals surface area contributed by atoms with Crippen molar-refractivity contribution in [2.24, 2.45) is 4.99 Å². The lowest BCUT2D eigenvalue weighted by Gasteiger charge is -2.26. The van der Waals surface area contributed by atoms with Gasteiger partial charge in [-0.15, -0.1) is 0 Å². The summed E-state index contributed by atoms with van der Waals surface area (Å²) in [5, 5.41) is 6.60. The topological polar surface area (TPSA) is 78.4 Å². The van der Waals surface area contributed by atoms with Crippen molar-refractivity contribution in [3.8, 4) is 5.75 Å². The molecule has 0 saturated carbocycles. The Morgan fingerprint density at radius 1 is 1.18 bits per heavy atom. The summed E-state index contributed by atoms with van der Waals surface area (Å²) in [6, 6.07) is 9.77. The highest BCUT2D eigenvalue weighted by Gasteiger charge is 2.10. The molecule has 0 aromatic heterocycles. The highest BCUT2D eigenvalue weighted by atomic mass is 16.5. The van der Waals surface area contributed by atoms with Gasteiger partial charge in [-0.3, -0.25) is 9.69 Å². The van der Waals surface area contributed by atoms with Crippen LogP contribution in [0.4, 0.5) is 0 Å².